The van der Waals surface area contributed by atoms with Crippen LogP contribution < -0.4 is 16.4 Å². The summed E-state index contributed by atoms with van der Waals surface area (Å²) in [5.74, 6) is -0.290. The van der Waals surface area contributed by atoms with E-state index in [9.17, 15) is 9.59 Å². The third-order valence-electron chi connectivity index (χ3n) is 6.67. The standard InChI is InChI=1S/C31H36N4O2/c1-31(2,3)24-15-17-25(18-16-24)33-30(37)29(35-20-6-7-21-35)23-13-10-22(11-14-23)12-19-28(36)34-27-9-5-4-8-26(27)32/h4-5,8-19,29H,6-7,20-21,32H2,1-3H3,(H,33,37)(H,34,36)/b19-12+. The van der Waals surface area contributed by atoms with E-state index in [1.165, 1.54) is 11.6 Å². The van der Waals surface area contributed by atoms with E-state index < -0.39 is 0 Å². The number of hydrogen-bond donors (Lipinski definition) is 3. The Hall–Kier alpha value is -3.90. The molecule has 1 aliphatic rings. The number of benzene rings is 3. The molecule has 6 nitrogen and oxygen atoms in total. The van der Waals surface area contributed by atoms with E-state index in [1.807, 2.05) is 48.5 Å². The highest BCUT2D eigenvalue weighted by Crippen LogP contribution is 2.28. The van der Waals surface area contributed by atoms with Gasteiger partial charge < -0.3 is 16.4 Å². The van der Waals surface area contributed by atoms with Crippen LogP contribution in [0, 0.1) is 0 Å². The highest BCUT2D eigenvalue weighted by atomic mass is 16.2. The van der Waals surface area contributed by atoms with Crippen molar-refractivity contribution in [1.29, 1.82) is 0 Å². The van der Waals surface area contributed by atoms with Crippen molar-refractivity contribution < 1.29 is 9.59 Å². The Bertz CT molecular complexity index is 1250. The van der Waals surface area contributed by atoms with Crippen molar-refractivity contribution in [2.45, 2.75) is 45.1 Å². The van der Waals surface area contributed by atoms with Crippen LogP contribution in [-0.4, -0.2) is 29.8 Å². The van der Waals surface area contributed by atoms with E-state index in [0.717, 1.165) is 42.7 Å². The number of rotatable bonds is 7. The first-order chi connectivity index (χ1) is 17.7. The molecule has 1 aliphatic heterocycles. The summed E-state index contributed by atoms with van der Waals surface area (Å²) in [6, 6.07) is 22.7. The molecule has 0 aliphatic carbocycles. The number of amides is 2. The van der Waals surface area contributed by atoms with Crippen LogP contribution >= 0.6 is 0 Å². The average molecular weight is 497 g/mol. The van der Waals surface area contributed by atoms with Crippen LogP contribution in [0.3, 0.4) is 0 Å². The molecule has 4 N–H and O–H groups in total. The number of anilines is 3. The maximum absolute atomic E-state index is 13.5. The smallest absolute Gasteiger partial charge is 0.248 e. The van der Waals surface area contributed by atoms with Crippen LogP contribution in [0.15, 0.2) is 78.9 Å². The number of hydrogen-bond acceptors (Lipinski definition) is 4. The highest BCUT2D eigenvalue weighted by molar-refractivity contribution is 6.03. The van der Waals surface area contributed by atoms with Gasteiger partial charge in [0.15, 0.2) is 0 Å². The number of carbonyl (C=O) groups is 2. The van der Waals surface area contributed by atoms with Crippen molar-refractivity contribution in [2.24, 2.45) is 0 Å². The lowest BCUT2D eigenvalue weighted by atomic mass is 9.87. The zero-order valence-electron chi connectivity index (χ0n) is 21.8. The van der Waals surface area contributed by atoms with Crippen molar-refractivity contribution in [3.05, 3.63) is 95.6 Å². The van der Waals surface area contributed by atoms with Crippen molar-refractivity contribution in [3.63, 3.8) is 0 Å². The van der Waals surface area contributed by atoms with E-state index >= 15 is 0 Å². The molecule has 192 valence electrons. The van der Waals surface area contributed by atoms with Gasteiger partial charge in [0.2, 0.25) is 11.8 Å². The molecule has 1 heterocycles. The summed E-state index contributed by atoms with van der Waals surface area (Å²) in [7, 11) is 0. The molecule has 1 fully saturated rings. The minimum Gasteiger partial charge on any atom is -0.397 e. The number of para-hydroxylation sites is 2. The molecule has 0 saturated carbocycles. The van der Waals surface area contributed by atoms with Gasteiger partial charge in [0, 0.05) is 11.8 Å². The van der Waals surface area contributed by atoms with E-state index in [-0.39, 0.29) is 23.3 Å². The summed E-state index contributed by atoms with van der Waals surface area (Å²) in [4.78, 5) is 28.0. The predicted octanol–water partition coefficient (Wildman–Crippen LogP) is 5.99. The summed E-state index contributed by atoms with van der Waals surface area (Å²) < 4.78 is 0. The maximum Gasteiger partial charge on any atom is 0.248 e. The fourth-order valence-corrected chi connectivity index (χ4v) is 4.54. The van der Waals surface area contributed by atoms with Crippen LogP contribution in [0.1, 0.15) is 56.3 Å². The molecule has 4 rings (SSSR count). The second-order valence-electron chi connectivity index (χ2n) is 10.5. The van der Waals surface area contributed by atoms with Gasteiger partial charge in [-0.2, -0.15) is 0 Å². The van der Waals surface area contributed by atoms with Crippen molar-refractivity contribution in [1.82, 2.24) is 4.90 Å². The normalized spacial score (nSPS) is 15.0. The lowest BCUT2D eigenvalue weighted by molar-refractivity contribution is -0.121. The second kappa shape index (κ2) is 11.4. The molecule has 1 atom stereocenters. The average Bonchev–Trinajstić information content (AvgIpc) is 3.39. The van der Waals surface area contributed by atoms with Gasteiger partial charge in [-0.3, -0.25) is 14.5 Å². The first-order valence-electron chi connectivity index (χ1n) is 12.8. The van der Waals surface area contributed by atoms with Gasteiger partial charge in [0.05, 0.1) is 11.4 Å². The molecule has 37 heavy (non-hydrogen) atoms. The molecule has 0 spiro atoms. The van der Waals surface area contributed by atoms with Crippen molar-refractivity contribution >= 4 is 35.0 Å². The fourth-order valence-electron chi connectivity index (χ4n) is 4.54. The van der Waals surface area contributed by atoms with Crippen LogP contribution in [0.2, 0.25) is 0 Å². The molecular formula is C31H36N4O2. The van der Waals surface area contributed by atoms with Gasteiger partial charge in [-0.05, 0) is 78.4 Å². The largest absolute Gasteiger partial charge is 0.397 e. The fraction of sp³-hybridized carbons (Fsp3) is 0.290. The predicted molar refractivity (Wildman–Crippen MR) is 152 cm³/mol. The molecule has 3 aromatic rings. The summed E-state index contributed by atoms with van der Waals surface area (Å²) in [6.45, 7) is 8.31. The number of likely N-dealkylation sites (tertiary alicyclic amines) is 1. The molecule has 0 bridgehead atoms. The Labute approximate surface area is 219 Å². The summed E-state index contributed by atoms with van der Waals surface area (Å²) in [6.07, 6.45) is 5.41. The number of carbonyl (C=O) groups excluding carboxylic acids is 2. The quantitative estimate of drug-likeness (QED) is 0.277. The minimum absolute atomic E-state index is 0.0338. The lowest BCUT2D eigenvalue weighted by Gasteiger charge is -2.27. The third kappa shape index (κ3) is 6.86. The molecule has 1 saturated heterocycles. The van der Waals surface area contributed by atoms with Crippen LogP contribution in [0.4, 0.5) is 17.1 Å². The van der Waals surface area contributed by atoms with Crippen LogP contribution in [0.5, 0.6) is 0 Å². The van der Waals surface area contributed by atoms with Crippen molar-refractivity contribution in [2.75, 3.05) is 29.5 Å². The highest BCUT2D eigenvalue weighted by Gasteiger charge is 2.29. The van der Waals surface area contributed by atoms with Gasteiger partial charge in [-0.15, -0.1) is 0 Å². The maximum atomic E-state index is 13.5. The summed E-state index contributed by atoms with van der Waals surface area (Å²) >= 11 is 0. The van der Waals surface area contributed by atoms with Gasteiger partial charge in [0.1, 0.15) is 6.04 Å². The lowest BCUT2D eigenvalue weighted by Crippen LogP contribution is -2.35. The molecule has 0 radical (unpaired) electrons. The molecule has 2 amide bonds. The second-order valence-corrected chi connectivity index (χ2v) is 10.5. The van der Waals surface area contributed by atoms with Crippen molar-refractivity contribution in [3.8, 4) is 0 Å². The molecular weight excluding hydrogens is 460 g/mol. The molecule has 0 aromatic heterocycles. The summed E-state index contributed by atoms with van der Waals surface area (Å²) in [5.41, 5.74) is 10.9. The van der Waals surface area contributed by atoms with Gasteiger partial charge in [-0.25, -0.2) is 0 Å². The number of nitrogens with one attached hydrogen (secondary N) is 2. The van der Waals surface area contributed by atoms with Crippen LogP contribution in [0.25, 0.3) is 6.08 Å². The monoisotopic (exact) mass is 496 g/mol. The SMILES string of the molecule is CC(C)(C)c1ccc(NC(=O)C(c2ccc(/C=C/C(=O)Nc3ccccc3N)cc2)N2CCCC2)cc1. The minimum atomic E-state index is -0.368. The van der Waals surface area contributed by atoms with E-state index in [2.05, 4.69) is 48.4 Å². The Morgan fingerprint density at radius 3 is 2.16 bits per heavy atom. The molecule has 1 unspecified atom stereocenters. The first kappa shape index (κ1) is 26.2. The first-order valence-corrected chi connectivity index (χ1v) is 12.8. The van der Waals surface area contributed by atoms with E-state index in [1.54, 1.807) is 18.2 Å². The third-order valence-corrected chi connectivity index (χ3v) is 6.67. The number of nitrogens with zero attached hydrogens (tertiary/aromatic N) is 1. The van der Waals surface area contributed by atoms with E-state index in [4.69, 9.17) is 5.73 Å². The van der Waals surface area contributed by atoms with Gasteiger partial charge in [-0.1, -0.05) is 69.3 Å². The summed E-state index contributed by atoms with van der Waals surface area (Å²) in [5, 5.41) is 5.91. The Morgan fingerprint density at radius 2 is 1.54 bits per heavy atom. The van der Waals surface area contributed by atoms with Gasteiger partial charge >= 0.3 is 0 Å². The van der Waals surface area contributed by atoms with E-state index in [0.29, 0.717) is 11.4 Å². The Morgan fingerprint density at radius 1 is 0.892 bits per heavy atom. The van der Waals surface area contributed by atoms with Gasteiger partial charge in [0.25, 0.3) is 0 Å². The Kier molecular flexibility index (Phi) is 8.09. The topological polar surface area (TPSA) is 87.5 Å². The zero-order valence-corrected chi connectivity index (χ0v) is 21.8. The van der Waals surface area contributed by atoms with Crippen LogP contribution in [-0.2, 0) is 15.0 Å². The molecule has 3 aromatic carbocycles. The molecule has 6 heteroatoms. The zero-order chi connectivity index (χ0) is 26.4. The number of nitrogen functional groups attached to an aromatic ring is 1. The Balaban J connectivity index is 1.45. The number of nitrogens with two attached hydrogens (primary N) is 1.